The van der Waals surface area contributed by atoms with Crippen LogP contribution >= 0.6 is 11.8 Å². The van der Waals surface area contributed by atoms with Gasteiger partial charge in [-0.15, -0.1) is 24.9 Å². The zero-order chi connectivity index (χ0) is 22.3. The maximum atomic E-state index is 12.2. The topological polar surface area (TPSA) is 70.9 Å². The standard InChI is InChI=1S/C22H17F3N2O3S/c23-22(24,25)30-18-9-5-17(6-10-18)27-21(29)14-31-19-11-7-16(8-12-19)26-13-15-3-1-2-4-20(15)28/h1-13,28H,14H2,(H,27,29)/b26-13+. The number of aliphatic imine (C=N–C) groups is 1. The number of anilines is 1. The molecule has 9 heteroatoms. The summed E-state index contributed by atoms with van der Waals surface area (Å²) in [5, 5.41) is 12.3. The average Bonchev–Trinajstić information content (AvgIpc) is 2.73. The Bertz CT molecular complexity index is 1050. The minimum atomic E-state index is -4.76. The van der Waals surface area contributed by atoms with E-state index in [4.69, 9.17) is 0 Å². The van der Waals surface area contributed by atoms with E-state index in [1.165, 1.54) is 23.9 Å². The number of alkyl halides is 3. The lowest BCUT2D eigenvalue weighted by Gasteiger charge is -2.10. The van der Waals surface area contributed by atoms with Crippen LogP contribution in [-0.4, -0.2) is 29.3 Å². The van der Waals surface area contributed by atoms with Crippen molar-refractivity contribution in [2.75, 3.05) is 11.1 Å². The zero-order valence-electron chi connectivity index (χ0n) is 16.0. The van der Waals surface area contributed by atoms with Gasteiger partial charge in [0.2, 0.25) is 5.91 Å². The monoisotopic (exact) mass is 446 g/mol. The van der Waals surface area contributed by atoms with Gasteiger partial charge in [0.25, 0.3) is 0 Å². The molecule has 0 fully saturated rings. The first-order valence-electron chi connectivity index (χ1n) is 8.99. The second kappa shape index (κ2) is 10.0. The van der Waals surface area contributed by atoms with Crippen LogP contribution in [0.4, 0.5) is 24.5 Å². The summed E-state index contributed by atoms with van der Waals surface area (Å²) in [4.78, 5) is 17.2. The predicted octanol–water partition coefficient (Wildman–Crippen LogP) is 5.77. The van der Waals surface area contributed by atoms with Gasteiger partial charge in [0.15, 0.2) is 0 Å². The number of benzene rings is 3. The number of carbonyl (C=O) groups excluding carboxylic acids is 1. The smallest absolute Gasteiger partial charge is 0.507 e. The summed E-state index contributed by atoms with van der Waals surface area (Å²) >= 11 is 1.31. The number of rotatable bonds is 7. The molecule has 0 unspecified atom stereocenters. The van der Waals surface area contributed by atoms with Gasteiger partial charge in [-0.2, -0.15) is 0 Å². The molecule has 160 valence electrons. The summed E-state index contributed by atoms with van der Waals surface area (Å²) in [5.41, 5.74) is 1.67. The van der Waals surface area contributed by atoms with Crippen LogP contribution in [0.1, 0.15) is 5.56 Å². The first-order valence-corrected chi connectivity index (χ1v) is 9.98. The van der Waals surface area contributed by atoms with E-state index in [1.54, 1.807) is 42.6 Å². The summed E-state index contributed by atoms with van der Waals surface area (Å²) in [7, 11) is 0. The highest BCUT2D eigenvalue weighted by atomic mass is 32.2. The molecule has 0 bridgehead atoms. The van der Waals surface area contributed by atoms with Gasteiger partial charge in [0.1, 0.15) is 11.5 Å². The van der Waals surface area contributed by atoms with Crippen molar-refractivity contribution in [3.63, 3.8) is 0 Å². The fourth-order valence-electron chi connectivity index (χ4n) is 2.46. The summed E-state index contributed by atoms with van der Waals surface area (Å²) in [6.07, 6.45) is -3.19. The Morgan fingerprint density at radius 1 is 1.03 bits per heavy atom. The number of nitrogens with zero attached hydrogens (tertiary/aromatic N) is 1. The van der Waals surface area contributed by atoms with Crippen molar-refractivity contribution in [2.45, 2.75) is 11.3 Å². The molecular formula is C22H17F3N2O3S. The first-order chi connectivity index (χ1) is 14.8. The third-order valence-corrected chi connectivity index (χ3v) is 4.88. The Hall–Kier alpha value is -3.46. The highest BCUT2D eigenvalue weighted by Gasteiger charge is 2.30. The SMILES string of the molecule is O=C(CSc1ccc(/N=C/c2ccccc2O)cc1)Nc1ccc(OC(F)(F)F)cc1. The van der Waals surface area contributed by atoms with Crippen LogP contribution in [0, 0.1) is 0 Å². The molecule has 0 spiro atoms. The Balaban J connectivity index is 1.48. The lowest BCUT2D eigenvalue weighted by Crippen LogP contribution is -2.17. The molecule has 0 aliphatic carbocycles. The molecule has 0 heterocycles. The van der Waals surface area contributed by atoms with Crippen LogP contribution in [0.3, 0.4) is 0 Å². The third-order valence-electron chi connectivity index (χ3n) is 3.87. The van der Waals surface area contributed by atoms with E-state index in [0.717, 1.165) is 17.0 Å². The van der Waals surface area contributed by atoms with Crippen LogP contribution in [0.5, 0.6) is 11.5 Å². The van der Waals surface area contributed by atoms with E-state index < -0.39 is 6.36 Å². The molecule has 0 radical (unpaired) electrons. The van der Waals surface area contributed by atoms with Gasteiger partial charge in [-0.25, -0.2) is 0 Å². The van der Waals surface area contributed by atoms with E-state index >= 15 is 0 Å². The molecule has 5 nitrogen and oxygen atoms in total. The van der Waals surface area contributed by atoms with Crippen molar-refractivity contribution in [2.24, 2.45) is 4.99 Å². The molecule has 3 aromatic carbocycles. The quantitative estimate of drug-likeness (QED) is 0.357. The van der Waals surface area contributed by atoms with Gasteiger partial charge >= 0.3 is 6.36 Å². The molecule has 2 N–H and O–H groups in total. The van der Waals surface area contributed by atoms with Crippen molar-refractivity contribution in [1.29, 1.82) is 0 Å². The number of ether oxygens (including phenoxy) is 1. The van der Waals surface area contributed by atoms with E-state index in [9.17, 15) is 23.1 Å². The second-order valence-corrected chi connectivity index (χ2v) is 7.27. The number of para-hydroxylation sites is 1. The van der Waals surface area contributed by atoms with Crippen molar-refractivity contribution in [3.05, 3.63) is 78.4 Å². The van der Waals surface area contributed by atoms with Crippen molar-refractivity contribution < 1.29 is 27.8 Å². The number of phenols is 1. The maximum Gasteiger partial charge on any atom is 0.573 e. The minimum Gasteiger partial charge on any atom is -0.507 e. The molecule has 31 heavy (non-hydrogen) atoms. The number of halogens is 3. The Morgan fingerprint density at radius 2 is 1.71 bits per heavy atom. The number of nitrogens with one attached hydrogen (secondary N) is 1. The fourth-order valence-corrected chi connectivity index (χ4v) is 3.15. The van der Waals surface area contributed by atoms with Crippen LogP contribution in [0.2, 0.25) is 0 Å². The Kier molecular flexibility index (Phi) is 7.19. The van der Waals surface area contributed by atoms with Gasteiger partial charge in [-0.05, 0) is 60.7 Å². The second-order valence-electron chi connectivity index (χ2n) is 6.22. The average molecular weight is 446 g/mol. The number of hydrogen-bond acceptors (Lipinski definition) is 5. The van der Waals surface area contributed by atoms with Crippen molar-refractivity contribution >= 4 is 35.3 Å². The van der Waals surface area contributed by atoms with Crippen LogP contribution in [0.25, 0.3) is 0 Å². The highest BCUT2D eigenvalue weighted by Crippen LogP contribution is 2.25. The highest BCUT2D eigenvalue weighted by molar-refractivity contribution is 8.00. The van der Waals surface area contributed by atoms with Crippen molar-refractivity contribution in [3.8, 4) is 11.5 Å². The molecular weight excluding hydrogens is 429 g/mol. The minimum absolute atomic E-state index is 0.126. The van der Waals surface area contributed by atoms with E-state index in [1.807, 2.05) is 12.1 Å². The molecule has 3 aromatic rings. The number of phenolic OH excluding ortho intramolecular Hbond substituents is 1. The van der Waals surface area contributed by atoms with Crippen molar-refractivity contribution in [1.82, 2.24) is 0 Å². The van der Waals surface area contributed by atoms with E-state index in [0.29, 0.717) is 16.9 Å². The molecule has 1 amide bonds. The molecule has 0 atom stereocenters. The predicted molar refractivity (Wildman–Crippen MR) is 114 cm³/mol. The largest absolute Gasteiger partial charge is 0.573 e. The maximum absolute atomic E-state index is 12.2. The van der Waals surface area contributed by atoms with Gasteiger partial charge in [0.05, 0.1) is 11.4 Å². The Labute approximate surface area is 180 Å². The van der Waals surface area contributed by atoms with Gasteiger partial charge in [-0.3, -0.25) is 9.79 Å². The lowest BCUT2D eigenvalue weighted by atomic mass is 10.2. The van der Waals surface area contributed by atoms with Gasteiger partial charge < -0.3 is 15.2 Å². The summed E-state index contributed by atoms with van der Waals surface area (Å²) in [5.74, 6) is -0.380. The number of hydrogen-bond donors (Lipinski definition) is 2. The number of aromatic hydroxyl groups is 1. The van der Waals surface area contributed by atoms with Crippen LogP contribution in [-0.2, 0) is 4.79 Å². The van der Waals surface area contributed by atoms with Gasteiger partial charge in [-0.1, -0.05) is 12.1 Å². The Morgan fingerprint density at radius 3 is 2.35 bits per heavy atom. The molecule has 0 aliphatic rings. The van der Waals surface area contributed by atoms with Gasteiger partial charge in [0, 0.05) is 22.4 Å². The van der Waals surface area contributed by atoms with E-state index in [2.05, 4.69) is 15.0 Å². The molecule has 0 aliphatic heterocycles. The van der Waals surface area contributed by atoms with Crippen LogP contribution in [0.15, 0.2) is 82.7 Å². The summed E-state index contributed by atoms with van der Waals surface area (Å²) in [6.45, 7) is 0. The lowest BCUT2D eigenvalue weighted by molar-refractivity contribution is -0.274. The number of carbonyl (C=O) groups is 1. The van der Waals surface area contributed by atoms with E-state index in [-0.39, 0.29) is 23.2 Å². The first kappa shape index (κ1) is 22.2. The normalized spacial score (nSPS) is 11.5. The zero-order valence-corrected chi connectivity index (χ0v) is 16.8. The van der Waals surface area contributed by atoms with Crippen LogP contribution < -0.4 is 10.1 Å². The molecule has 3 rings (SSSR count). The summed E-state index contributed by atoms with van der Waals surface area (Å²) < 4.78 is 40.3. The third kappa shape index (κ3) is 7.38. The number of amides is 1. The molecule has 0 saturated heterocycles. The fraction of sp³-hybridized carbons (Fsp3) is 0.0909. The molecule has 0 saturated carbocycles. The number of thioether (sulfide) groups is 1. The summed E-state index contributed by atoms with van der Waals surface area (Å²) in [6, 6.07) is 19.0. The molecule has 0 aromatic heterocycles.